The molecule has 0 aliphatic carbocycles. The van der Waals surface area contributed by atoms with Crippen LogP contribution in [0.4, 0.5) is 0 Å². The van der Waals surface area contributed by atoms with Gasteiger partial charge in [-0.05, 0) is 20.8 Å². The van der Waals surface area contributed by atoms with Gasteiger partial charge in [0.1, 0.15) is 5.01 Å². The van der Waals surface area contributed by atoms with Crippen LogP contribution in [-0.4, -0.2) is 45.0 Å². The van der Waals surface area contributed by atoms with Gasteiger partial charge in [0.2, 0.25) is 10.9 Å². The van der Waals surface area contributed by atoms with Gasteiger partial charge >= 0.3 is 0 Å². The number of nitrogens with zero attached hydrogens (tertiary/aromatic N) is 4. The summed E-state index contributed by atoms with van der Waals surface area (Å²) in [7, 11) is 0. The van der Waals surface area contributed by atoms with Crippen molar-refractivity contribution in [3.8, 4) is 0 Å². The highest BCUT2D eigenvalue weighted by Gasteiger charge is 2.10. The number of carbonyl (C=O) groups is 1. The van der Waals surface area contributed by atoms with Gasteiger partial charge in [-0.25, -0.2) is 0 Å². The second kappa shape index (κ2) is 6.76. The zero-order valence-electron chi connectivity index (χ0n) is 11.9. The van der Waals surface area contributed by atoms with Gasteiger partial charge < -0.3 is 10.1 Å². The minimum absolute atomic E-state index is 0.0139. The number of rotatable bonds is 7. The summed E-state index contributed by atoms with van der Waals surface area (Å²) in [5.74, 6) is 0.776. The molecule has 110 valence electrons. The number of hydrogen-bond donors (Lipinski definition) is 1. The topological polar surface area (TPSA) is 81.4 Å². The fraction of sp³-hybridized carbons (Fsp3) is 0.667. The van der Waals surface area contributed by atoms with E-state index in [1.54, 1.807) is 4.52 Å². The summed E-state index contributed by atoms with van der Waals surface area (Å²) in [5, 5.41) is 16.0. The number of aryl methyl sites for hydroxylation is 2. The maximum atomic E-state index is 11.7. The predicted molar refractivity (Wildman–Crippen MR) is 75.8 cm³/mol. The third kappa shape index (κ3) is 3.97. The molecule has 8 heteroatoms. The third-order valence-corrected chi connectivity index (χ3v) is 3.59. The first-order valence-electron chi connectivity index (χ1n) is 6.62. The lowest BCUT2D eigenvalue weighted by molar-refractivity contribution is -0.121. The van der Waals surface area contributed by atoms with E-state index in [1.807, 2.05) is 20.8 Å². The Bertz CT molecular complexity index is 577. The summed E-state index contributed by atoms with van der Waals surface area (Å²) in [5.41, 5.74) is 0. The molecule has 0 atom stereocenters. The molecule has 2 aromatic rings. The van der Waals surface area contributed by atoms with Gasteiger partial charge in [-0.2, -0.15) is 9.61 Å². The molecule has 7 nitrogen and oxygen atoms in total. The number of amides is 1. The van der Waals surface area contributed by atoms with Crippen LogP contribution in [0, 0.1) is 6.92 Å². The number of ether oxygens (including phenoxy) is 1. The molecule has 0 saturated heterocycles. The van der Waals surface area contributed by atoms with Crippen molar-refractivity contribution in [3.05, 3.63) is 10.8 Å². The van der Waals surface area contributed by atoms with E-state index in [1.165, 1.54) is 11.3 Å². The second-order valence-corrected chi connectivity index (χ2v) is 5.75. The van der Waals surface area contributed by atoms with Crippen LogP contribution in [0.1, 0.15) is 31.1 Å². The van der Waals surface area contributed by atoms with Crippen molar-refractivity contribution in [1.82, 2.24) is 25.1 Å². The van der Waals surface area contributed by atoms with Gasteiger partial charge in [0, 0.05) is 19.4 Å². The van der Waals surface area contributed by atoms with E-state index in [0.29, 0.717) is 26.0 Å². The predicted octanol–water partition coefficient (Wildman–Crippen LogP) is 0.968. The number of nitrogens with one attached hydrogen (secondary N) is 1. The van der Waals surface area contributed by atoms with Crippen molar-refractivity contribution < 1.29 is 9.53 Å². The first-order valence-corrected chi connectivity index (χ1v) is 7.44. The minimum Gasteiger partial charge on any atom is -0.377 e. The summed E-state index contributed by atoms with van der Waals surface area (Å²) >= 11 is 1.47. The molecule has 2 rings (SSSR count). The second-order valence-electron chi connectivity index (χ2n) is 4.71. The van der Waals surface area contributed by atoms with Crippen LogP contribution in [0.5, 0.6) is 0 Å². The van der Waals surface area contributed by atoms with E-state index < -0.39 is 0 Å². The molecule has 0 aliphatic heterocycles. The fourth-order valence-corrected chi connectivity index (χ4v) is 2.53. The van der Waals surface area contributed by atoms with Gasteiger partial charge in [-0.1, -0.05) is 11.3 Å². The quantitative estimate of drug-likeness (QED) is 0.770. The third-order valence-electron chi connectivity index (χ3n) is 2.63. The Morgan fingerprint density at radius 2 is 2.25 bits per heavy atom. The summed E-state index contributed by atoms with van der Waals surface area (Å²) in [4.78, 5) is 12.4. The molecule has 20 heavy (non-hydrogen) atoms. The normalized spacial score (nSPS) is 11.4. The lowest BCUT2D eigenvalue weighted by Crippen LogP contribution is -2.28. The Balaban J connectivity index is 1.72. The van der Waals surface area contributed by atoms with Crippen LogP contribution in [0.3, 0.4) is 0 Å². The summed E-state index contributed by atoms with van der Waals surface area (Å²) in [6, 6.07) is 0. The molecular weight excluding hydrogens is 278 g/mol. The number of hydrogen-bond acceptors (Lipinski definition) is 6. The van der Waals surface area contributed by atoms with Gasteiger partial charge in [0.05, 0.1) is 12.7 Å². The smallest absolute Gasteiger partial charge is 0.234 e. The van der Waals surface area contributed by atoms with Gasteiger partial charge in [0.25, 0.3) is 0 Å². The largest absolute Gasteiger partial charge is 0.377 e. The molecule has 0 fully saturated rings. The number of aromatic nitrogens is 4. The molecule has 2 aromatic heterocycles. The maximum absolute atomic E-state index is 11.7. The molecule has 1 N–H and O–H groups in total. The maximum Gasteiger partial charge on any atom is 0.234 e. The molecule has 0 saturated carbocycles. The fourth-order valence-electron chi connectivity index (χ4n) is 1.65. The van der Waals surface area contributed by atoms with E-state index in [0.717, 1.165) is 15.8 Å². The van der Waals surface area contributed by atoms with Gasteiger partial charge in [-0.3, -0.25) is 4.79 Å². The summed E-state index contributed by atoms with van der Waals surface area (Å²) in [6.07, 6.45) is 1.23. The van der Waals surface area contributed by atoms with E-state index >= 15 is 0 Å². The first-order chi connectivity index (χ1) is 9.56. The average molecular weight is 297 g/mol. The van der Waals surface area contributed by atoms with Crippen molar-refractivity contribution in [2.24, 2.45) is 0 Å². The SMILES string of the molecule is Cc1nnc2sc(CCC(=O)NCCOC(C)C)nn12. The highest BCUT2D eigenvalue weighted by atomic mass is 32.1. The van der Waals surface area contributed by atoms with Crippen molar-refractivity contribution in [3.63, 3.8) is 0 Å². The van der Waals surface area contributed by atoms with Crippen molar-refractivity contribution >= 4 is 22.2 Å². The highest BCUT2D eigenvalue weighted by molar-refractivity contribution is 7.16. The van der Waals surface area contributed by atoms with Crippen LogP contribution in [0.25, 0.3) is 4.96 Å². The Morgan fingerprint density at radius 1 is 1.45 bits per heavy atom. The number of fused-ring (bicyclic) bond motifs is 1. The minimum atomic E-state index is 0.0139. The molecule has 0 radical (unpaired) electrons. The molecule has 2 heterocycles. The molecular formula is C12H19N5O2S. The van der Waals surface area contributed by atoms with Crippen LogP contribution in [0.15, 0.2) is 0 Å². The Morgan fingerprint density at radius 3 is 2.95 bits per heavy atom. The lowest BCUT2D eigenvalue weighted by Gasteiger charge is -2.08. The molecule has 0 aliphatic rings. The zero-order chi connectivity index (χ0) is 14.5. The Hall–Kier alpha value is -1.54. The molecule has 0 aromatic carbocycles. The van der Waals surface area contributed by atoms with E-state index in [9.17, 15) is 4.79 Å². The monoisotopic (exact) mass is 297 g/mol. The van der Waals surface area contributed by atoms with Crippen LogP contribution in [-0.2, 0) is 16.0 Å². The first kappa shape index (κ1) is 14.9. The van der Waals surface area contributed by atoms with Crippen molar-refractivity contribution in [2.45, 2.75) is 39.7 Å². The van der Waals surface area contributed by atoms with Crippen molar-refractivity contribution in [1.29, 1.82) is 0 Å². The van der Waals surface area contributed by atoms with Crippen LogP contribution in [0.2, 0.25) is 0 Å². The van der Waals surface area contributed by atoms with Gasteiger partial charge in [0.15, 0.2) is 5.82 Å². The highest BCUT2D eigenvalue weighted by Crippen LogP contribution is 2.14. The zero-order valence-corrected chi connectivity index (χ0v) is 12.7. The summed E-state index contributed by atoms with van der Waals surface area (Å²) < 4.78 is 7.06. The molecule has 0 bridgehead atoms. The lowest BCUT2D eigenvalue weighted by atomic mass is 10.3. The van der Waals surface area contributed by atoms with Gasteiger partial charge in [-0.15, -0.1) is 10.2 Å². The standard InChI is InChI=1S/C12H19N5O2S/c1-8(2)19-7-6-13-10(18)4-5-11-16-17-9(3)14-15-12(17)20-11/h8H,4-7H2,1-3H3,(H,13,18). The van der Waals surface area contributed by atoms with E-state index in [4.69, 9.17) is 4.74 Å². The molecule has 1 amide bonds. The average Bonchev–Trinajstić information content (AvgIpc) is 2.94. The molecule has 0 spiro atoms. The van der Waals surface area contributed by atoms with E-state index in [2.05, 4.69) is 20.6 Å². The number of carbonyl (C=O) groups excluding carboxylic acids is 1. The van der Waals surface area contributed by atoms with Crippen LogP contribution < -0.4 is 5.32 Å². The Labute approximate surface area is 121 Å². The van der Waals surface area contributed by atoms with Crippen LogP contribution >= 0.6 is 11.3 Å². The summed E-state index contributed by atoms with van der Waals surface area (Å²) in [6.45, 7) is 6.88. The van der Waals surface area contributed by atoms with Crippen molar-refractivity contribution in [2.75, 3.05) is 13.2 Å². The molecule has 0 unspecified atom stereocenters. The van der Waals surface area contributed by atoms with E-state index in [-0.39, 0.29) is 12.0 Å². The Kier molecular flexibility index (Phi) is 5.02.